The molecule has 1 fully saturated rings. The topological polar surface area (TPSA) is 52.5 Å². The second-order valence-electron chi connectivity index (χ2n) is 6.43. The number of rotatable bonds is 4. The molecule has 5 nitrogen and oxygen atoms in total. The van der Waals surface area contributed by atoms with Crippen LogP contribution in [0.3, 0.4) is 0 Å². The predicted octanol–water partition coefficient (Wildman–Crippen LogP) is 2.70. The lowest BCUT2D eigenvalue weighted by Gasteiger charge is -2.36. The van der Waals surface area contributed by atoms with E-state index in [2.05, 4.69) is 31.9 Å². The van der Waals surface area contributed by atoms with Crippen molar-refractivity contribution in [3.05, 3.63) is 60.6 Å². The number of benzene rings is 1. The minimum atomic E-state index is 0.255. The van der Waals surface area contributed by atoms with Crippen LogP contribution in [0.5, 0.6) is 5.75 Å². The Hall–Kier alpha value is -2.66. The molecule has 2 aromatic heterocycles. The summed E-state index contributed by atoms with van der Waals surface area (Å²) >= 11 is 0. The SMILES string of the molecule is Oc1ccc(CCN2CCN(c3ccncc3)CC2)c2cccnc12. The van der Waals surface area contributed by atoms with Gasteiger partial charge < -0.3 is 10.0 Å². The standard InChI is InChI=1S/C20H22N4O/c25-19-4-3-16(18-2-1-8-22-20(18)19)7-11-23-12-14-24(15-13-23)17-5-9-21-10-6-17/h1-6,8-10,25H,7,11-15H2. The number of fused-ring (bicyclic) bond motifs is 1. The number of nitrogens with zero attached hydrogens (tertiary/aromatic N) is 4. The Morgan fingerprint density at radius 3 is 2.52 bits per heavy atom. The van der Waals surface area contributed by atoms with Crippen molar-refractivity contribution in [2.45, 2.75) is 6.42 Å². The summed E-state index contributed by atoms with van der Waals surface area (Å²) in [5.74, 6) is 0.255. The zero-order valence-corrected chi connectivity index (χ0v) is 14.2. The summed E-state index contributed by atoms with van der Waals surface area (Å²) in [6.45, 7) is 5.25. The molecule has 0 atom stereocenters. The van der Waals surface area contributed by atoms with Crippen LogP contribution in [0.15, 0.2) is 55.0 Å². The van der Waals surface area contributed by atoms with Gasteiger partial charge in [0.05, 0.1) is 0 Å². The van der Waals surface area contributed by atoms with Gasteiger partial charge in [0, 0.05) is 62.4 Å². The fourth-order valence-corrected chi connectivity index (χ4v) is 3.50. The minimum Gasteiger partial charge on any atom is -0.506 e. The second-order valence-corrected chi connectivity index (χ2v) is 6.43. The molecule has 25 heavy (non-hydrogen) atoms. The lowest BCUT2D eigenvalue weighted by Crippen LogP contribution is -2.47. The Morgan fingerprint density at radius 1 is 0.920 bits per heavy atom. The minimum absolute atomic E-state index is 0.255. The van der Waals surface area contributed by atoms with E-state index in [1.54, 1.807) is 12.3 Å². The average Bonchev–Trinajstić information content (AvgIpc) is 2.69. The number of phenols is 1. The molecule has 0 spiro atoms. The van der Waals surface area contributed by atoms with Crippen LogP contribution >= 0.6 is 0 Å². The number of phenolic OH excluding ortho intramolecular Hbond substituents is 1. The Labute approximate surface area is 147 Å². The lowest BCUT2D eigenvalue weighted by atomic mass is 10.0. The van der Waals surface area contributed by atoms with Gasteiger partial charge in [-0.3, -0.25) is 14.9 Å². The van der Waals surface area contributed by atoms with Crippen molar-refractivity contribution in [2.75, 3.05) is 37.6 Å². The third kappa shape index (κ3) is 3.42. The number of anilines is 1. The molecule has 0 aliphatic carbocycles. The van der Waals surface area contributed by atoms with Crippen LogP contribution < -0.4 is 4.90 Å². The summed E-state index contributed by atoms with van der Waals surface area (Å²) < 4.78 is 0. The fourth-order valence-electron chi connectivity index (χ4n) is 3.50. The Bertz CT molecular complexity index is 845. The third-order valence-electron chi connectivity index (χ3n) is 4.94. The number of aromatic hydroxyl groups is 1. The van der Waals surface area contributed by atoms with Gasteiger partial charge in [-0.15, -0.1) is 0 Å². The van der Waals surface area contributed by atoms with Crippen LogP contribution in [-0.2, 0) is 6.42 Å². The normalized spacial score (nSPS) is 15.6. The fraction of sp³-hybridized carbons (Fsp3) is 0.300. The number of hydrogen-bond donors (Lipinski definition) is 1. The van der Waals surface area contributed by atoms with E-state index in [0.29, 0.717) is 5.52 Å². The molecule has 5 heteroatoms. The summed E-state index contributed by atoms with van der Waals surface area (Å²) in [5, 5.41) is 11.0. The van der Waals surface area contributed by atoms with E-state index in [0.717, 1.165) is 44.5 Å². The smallest absolute Gasteiger partial charge is 0.141 e. The van der Waals surface area contributed by atoms with E-state index in [9.17, 15) is 5.11 Å². The first-order chi connectivity index (χ1) is 12.3. The number of piperazine rings is 1. The molecule has 1 saturated heterocycles. The van der Waals surface area contributed by atoms with Gasteiger partial charge in [-0.2, -0.15) is 0 Å². The maximum Gasteiger partial charge on any atom is 0.141 e. The van der Waals surface area contributed by atoms with Crippen molar-refractivity contribution >= 4 is 16.6 Å². The molecule has 128 valence electrons. The van der Waals surface area contributed by atoms with Crippen molar-refractivity contribution in [2.24, 2.45) is 0 Å². The number of aromatic nitrogens is 2. The van der Waals surface area contributed by atoms with Gasteiger partial charge >= 0.3 is 0 Å². The van der Waals surface area contributed by atoms with Gasteiger partial charge in [-0.1, -0.05) is 12.1 Å². The highest BCUT2D eigenvalue weighted by molar-refractivity contribution is 5.87. The van der Waals surface area contributed by atoms with Crippen molar-refractivity contribution in [1.29, 1.82) is 0 Å². The molecular weight excluding hydrogens is 312 g/mol. The number of hydrogen-bond acceptors (Lipinski definition) is 5. The predicted molar refractivity (Wildman–Crippen MR) is 100 cm³/mol. The molecule has 0 saturated carbocycles. The molecule has 4 rings (SSSR count). The lowest BCUT2D eigenvalue weighted by molar-refractivity contribution is 0.261. The molecule has 3 aromatic rings. The van der Waals surface area contributed by atoms with Crippen LogP contribution in [0.4, 0.5) is 5.69 Å². The highest BCUT2D eigenvalue weighted by Gasteiger charge is 2.17. The van der Waals surface area contributed by atoms with Crippen LogP contribution in [0.2, 0.25) is 0 Å². The van der Waals surface area contributed by atoms with Crippen molar-refractivity contribution in [1.82, 2.24) is 14.9 Å². The molecule has 0 bridgehead atoms. The van der Waals surface area contributed by atoms with Crippen molar-refractivity contribution in [3.8, 4) is 5.75 Å². The maximum atomic E-state index is 9.97. The quantitative estimate of drug-likeness (QED) is 0.795. The van der Waals surface area contributed by atoms with Crippen molar-refractivity contribution < 1.29 is 5.11 Å². The molecule has 1 aromatic carbocycles. The van der Waals surface area contributed by atoms with Gasteiger partial charge in [0.15, 0.2) is 0 Å². The maximum absolute atomic E-state index is 9.97. The monoisotopic (exact) mass is 334 g/mol. The Morgan fingerprint density at radius 2 is 1.72 bits per heavy atom. The van der Waals surface area contributed by atoms with Crippen LogP contribution in [0.1, 0.15) is 5.56 Å². The van der Waals surface area contributed by atoms with Gasteiger partial charge in [-0.25, -0.2) is 0 Å². The van der Waals surface area contributed by atoms with Crippen LogP contribution in [0, 0.1) is 0 Å². The molecule has 0 amide bonds. The zero-order valence-electron chi connectivity index (χ0n) is 14.2. The van der Waals surface area contributed by atoms with E-state index in [4.69, 9.17) is 0 Å². The van der Waals surface area contributed by atoms with E-state index in [1.165, 1.54) is 11.3 Å². The first-order valence-corrected chi connectivity index (χ1v) is 8.74. The Balaban J connectivity index is 1.38. The van der Waals surface area contributed by atoms with Gasteiger partial charge in [-0.05, 0) is 36.2 Å². The van der Waals surface area contributed by atoms with E-state index in [-0.39, 0.29) is 5.75 Å². The largest absolute Gasteiger partial charge is 0.506 e. The number of pyridine rings is 2. The molecule has 1 aliphatic heterocycles. The first kappa shape index (κ1) is 15.8. The van der Waals surface area contributed by atoms with E-state index in [1.807, 2.05) is 30.6 Å². The van der Waals surface area contributed by atoms with Gasteiger partial charge in [0.2, 0.25) is 0 Å². The first-order valence-electron chi connectivity index (χ1n) is 8.74. The summed E-state index contributed by atoms with van der Waals surface area (Å²) in [5.41, 5.74) is 3.20. The summed E-state index contributed by atoms with van der Waals surface area (Å²) in [6, 6.07) is 11.9. The van der Waals surface area contributed by atoms with Gasteiger partial charge in [0.1, 0.15) is 11.3 Å². The molecule has 1 N–H and O–H groups in total. The zero-order chi connectivity index (χ0) is 17.1. The molecule has 0 radical (unpaired) electrons. The van der Waals surface area contributed by atoms with E-state index < -0.39 is 0 Å². The Kier molecular flexibility index (Phi) is 4.48. The van der Waals surface area contributed by atoms with Gasteiger partial charge in [0.25, 0.3) is 0 Å². The molecular formula is C20H22N4O. The second kappa shape index (κ2) is 7.07. The molecule has 0 unspecified atom stereocenters. The molecule has 1 aliphatic rings. The van der Waals surface area contributed by atoms with E-state index >= 15 is 0 Å². The molecule has 3 heterocycles. The highest BCUT2D eigenvalue weighted by Crippen LogP contribution is 2.26. The van der Waals surface area contributed by atoms with Crippen LogP contribution in [0.25, 0.3) is 10.9 Å². The van der Waals surface area contributed by atoms with Crippen molar-refractivity contribution in [3.63, 3.8) is 0 Å². The average molecular weight is 334 g/mol. The summed E-state index contributed by atoms with van der Waals surface area (Å²) in [4.78, 5) is 13.3. The van der Waals surface area contributed by atoms with Crippen LogP contribution in [-0.4, -0.2) is 52.7 Å². The third-order valence-corrected chi connectivity index (χ3v) is 4.94. The summed E-state index contributed by atoms with van der Waals surface area (Å²) in [6.07, 6.45) is 6.40. The highest BCUT2D eigenvalue weighted by atomic mass is 16.3. The summed E-state index contributed by atoms with van der Waals surface area (Å²) in [7, 11) is 0.